The van der Waals surface area contributed by atoms with Gasteiger partial charge in [-0.25, -0.2) is 18.1 Å². The number of pyridine rings is 1. The van der Waals surface area contributed by atoms with E-state index in [9.17, 15) is 23.3 Å². The van der Waals surface area contributed by atoms with E-state index in [1.165, 1.54) is 30.5 Å². The molecule has 0 radical (unpaired) electrons. The number of likely N-dealkylation sites (tertiary alicyclic amines) is 1. The van der Waals surface area contributed by atoms with Gasteiger partial charge in [-0.05, 0) is 49.2 Å². The molecule has 4 aromatic rings. The van der Waals surface area contributed by atoms with Gasteiger partial charge in [0.25, 0.3) is 21.6 Å². The molecule has 6 rings (SSSR count). The number of hydrogen-bond acceptors (Lipinski definition) is 10. The number of sulfonamides is 1. The number of carbonyl (C=O) groups is 1. The van der Waals surface area contributed by atoms with Crippen LogP contribution < -0.4 is 14.8 Å². The second kappa shape index (κ2) is 11.4. The van der Waals surface area contributed by atoms with Crippen molar-refractivity contribution in [3.05, 3.63) is 82.6 Å². The molecule has 218 valence electrons. The van der Waals surface area contributed by atoms with E-state index in [2.05, 4.69) is 20.2 Å². The van der Waals surface area contributed by atoms with Crippen LogP contribution in [0, 0.1) is 10.1 Å². The van der Waals surface area contributed by atoms with Crippen molar-refractivity contribution in [1.29, 1.82) is 0 Å². The van der Waals surface area contributed by atoms with Crippen molar-refractivity contribution in [2.75, 3.05) is 31.6 Å². The van der Waals surface area contributed by atoms with Crippen LogP contribution in [0.15, 0.2) is 71.9 Å². The number of rotatable bonds is 9. The summed E-state index contributed by atoms with van der Waals surface area (Å²) in [6.07, 6.45) is 5.03. The van der Waals surface area contributed by atoms with Gasteiger partial charge in [-0.1, -0.05) is 12.1 Å². The summed E-state index contributed by atoms with van der Waals surface area (Å²) in [6, 6.07) is 11.4. The molecule has 4 heterocycles. The Bertz CT molecular complexity index is 1800. The fourth-order valence-electron chi connectivity index (χ4n) is 5.13. The van der Waals surface area contributed by atoms with E-state index in [0.29, 0.717) is 43.7 Å². The van der Waals surface area contributed by atoms with Crippen LogP contribution in [0.25, 0.3) is 11.0 Å². The van der Waals surface area contributed by atoms with E-state index >= 15 is 0 Å². The number of nitro groups is 1. The monoisotopic (exact) mass is 593 g/mol. The highest BCUT2D eigenvalue weighted by molar-refractivity contribution is 7.90. The molecule has 2 aliphatic rings. The molecule has 0 spiro atoms. The van der Waals surface area contributed by atoms with Gasteiger partial charge in [-0.15, -0.1) is 0 Å². The van der Waals surface area contributed by atoms with Gasteiger partial charge in [0.1, 0.15) is 22.8 Å². The SMILES string of the molecule is [2H]c1c(S(=O)(=O)NC(=O)c2ccccc2Oc2cnc3[nH]ccc3c2)ccc(NC2CN(C3CCOCC3)C2)c1[N+](=O)[O-]. The summed E-state index contributed by atoms with van der Waals surface area (Å²) >= 11 is 0. The van der Waals surface area contributed by atoms with E-state index in [1.807, 2.05) is 4.72 Å². The summed E-state index contributed by atoms with van der Waals surface area (Å²) in [5.74, 6) is -0.637. The van der Waals surface area contributed by atoms with Gasteiger partial charge in [-0.3, -0.25) is 19.8 Å². The van der Waals surface area contributed by atoms with E-state index < -0.39 is 37.5 Å². The number of ether oxygens (including phenoxy) is 2. The first-order chi connectivity index (χ1) is 20.7. The second-order valence-corrected chi connectivity index (χ2v) is 11.8. The summed E-state index contributed by atoms with van der Waals surface area (Å²) in [6.45, 7) is 2.75. The molecule has 14 heteroatoms. The Labute approximate surface area is 242 Å². The predicted molar refractivity (Wildman–Crippen MR) is 153 cm³/mol. The zero-order chi connectivity index (χ0) is 30.1. The van der Waals surface area contributed by atoms with E-state index in [1.54, 1.807) is 24.4 Å². The van der Waals surface area contributed by atoms with Crippen molar-refractivity contribution in [3.63, 3.8) is 0 Å². The average Bonchev–Trinajstić information content (AvgIpc) is 3.43. The number of H-pyrrole nitrogens is 1. The lowest BCUT2D eigenvalue weighted by molar-refractivity contribution is -0.384. The number of carbonyl (C=O) groups excluding carboxylic acids is 1. The van der Waals surface area contributed by atoms with Crippen molar-refractivity contribution >= 4 is 38.3 Å². The molecule has 2 saturated heterocycles. The Morgan fingerprint density at radius 2 is 1.98 bits per heavy atom. The Morgan fingerprint density at radius 1 is 1.19 bits per heavy atom. The number of nitrogens with zero attached hydrogens (tertiary/aromatic N) is 3. The Hall–Kier alpha value is -4.53. The number of hydrogen-bond donors (Lipinski definition) is 3. The van der Waals surface area contributed by atoms with Gasteiger partial charge >= 0.3 is 0 Å². The molecule has 42 heavy (non-hydrogen) atoms. The van der Waals surface area contributed by atoms with Crippen LogP contribution in [0.5, 0.6) is 11.5 Å². The molecule has 2 aromatic carbocycles. The third-order valence-corrected chi connectivity index (χ3v) is 8.58. The first-order valence-corrected chi connectivity index (χ1v) is 14.8. The van der Waals surface area contributed by atoms with Crippen LogP contribution >= 0.6 is 0 Å². The fraction of sp³-hybridized carbons (Fsp3) is 0.286. The van der Waals surface area contributed by atoms with Crippen LogP contribution in [0.2, 0.25) is 0 Å². The number of para-hydroxylation sites is 1. The number of nitrogens with one attached hydrogen (secondary N) is 3. The van der Waals surface area contributed by atoms with Crippen LogP contribution in [0.4, 0.5) is 11.4 Å². The minimum Gasteiger partial charge on any atom is -0.455 e. The molecular formula is C28H28N6O7S. The Morgan fingerprint density at radius 3 is 2.76 bits per heavy atom. The van der Waals surface area contributed by atoms with Crippen LogP contribution in [0.3, 0.4) is 0 Å². The van der Waals surface area contributed by atoms with Gasteiger partial charge in [0.05, 0.1) is 29.0 Å². The highest BCUT2D eigenvalue weighted by Gasteiger charge is 2.34. The number of fused-ring (bicyclic) bond motifs is 1. The summed E-state index contributed by atoms with van der Waals surface area (Å²) in [5, 5.41) is 15.8. The molecule has 2 fully saturated rings. The smallest absolute Gasteiger partial charge is 0.293 e. The van der Waals surface area contributed by atoms with Crippen molar-refractivity contribution in [3.8, 4) is 11.5 Å². The zero-order valence-corrected chi connectivity index (χ0v) is 23.1. The molecule has 2 aromatic heterocycles. The van der Waals surface area contributed by atoms with Gasteiger partial charge in [0, 0.05) is 50.0 Å². The van der Waals surface area contributed by atoms with Gasteiger partial charge in [-0.2, -0.15) is 0 Å². The molecule has 0 atom stereocenters. The standard InChI is InChI=1S/C28H28N6O7S/c35-28(23-3-1-2-4-26(23)41-21-13-18-7-10-29-27(18)30-15-21)32-42(38,39)22-5-6-24(25(14-22)34(36)37)31-19-16-33(17-19)20-8-11-40-12-9-20/h1-7,10,13-15,19-20,31H,8-9,11-12,16-17H2,(H,29,30)(H,32,35)/i14D. The molecule has 13 nitrogen and oxygen atoms in total. The summed E-state index contributed by atoms with van der Waals surface area (Å²) in [5.41, 5.74) is -0.0888. The van der Waals surface area contributed by atoms with E-state index in [0.717, 1.165) is 24.3 Å². The number of aromatic amines is 1. The lowest BCUT2D eigenvalue weighted by Gasteiger charge is -2.46. The molecule has 0 saturated carbocycles. The number of anilines is 1. The average molecular weight is 594 g/mol. The molecule has 0 aliphatic carbocycles. The minimum atomic E-state index is -4.68. The maximum Gasteiger partial charge on any atom is 0.293 e. The number of benzene rings is 2. The predicted octanol–water partition coefficient (Wildman–Crippen LogP) is 3.66. The number of nitro benzene ring substituents is 1. The van der Waals surface area contributed by atoms with Crippen LogP contribution in [-0.2, 0) is 14.8 Å². The molecule has 1 amide bonds. The lowest BCUT2D eigenvalue weighted by Crippen LogP contribution is -2.59. The van der Waals surface area contributed by atoms with Crippen molar-refractivity contribution in [2.45, 2.75) is 29.8 Å². The topological polar surface area (TPSA) is 169 Å². The first-order valence-electron chi connectivity index (χ1n) is 13.8. The maximum absolute atomic E-state index is 13.3. The molecule has 3 N–H and O–H groups in total. The maximum atomic E-state index is 13.3. The molecule has 0 unspecified atom stereocenters. The third-order valence-electron chi connectivity index (χ3n) is 7.31. The summed E-state index contributed by atoms with van der Waals surface area (Å²) in [7, 11) is -4.68. The fourth-order valence-corrected chi connectivity index (χ4v) is 6.07. The largest absolute Gasteiger partial charge is 0.455 e. The van der Waals surface area contributed by atoms with Crippen molar-refractivity contribution in [1.82, 2.24) is 19.6 Å². The normalized spacial score (nSPS) is 16.9. The highest BCUT2D eigenvalue weighted by atomic mass is 32.2. The Kier molecular flexibility index (Phi) is 7.15. The number of aromatic nitrogens is 2. The van der Waals surface area contributed by atoms with E-state index in [-0.39, 0.29) is 23.0 Å². The summed E-state index contributed by atoms with van der Waals surface area (Å²) < 4.78 is 48.1. The lowest BCUT2D eigenvalue weighted by atomic mass is 9.99. The highest BCUT2D eigenvalue weighted by Crippen LogP contribution is 2.31. The summed E-state index contributed by atoms with van der Waals surface area (Å²) in [4.78, 5) is 33.1. The zero-order valence-electron chi connectivity index (χ0n) is 23.3. The Balaban J connectivity index is 1.18. The molecule has 2 aliphatic heterocycles. The molecular weight excluding hydrogens is 564 g/mol. The van der Waals surface area contributed by atoms with Crippen molar-refractivity contribution < 1.29 is 29.0 Å². The van der Waals surface area contributed by atoms with Crippen LogP contribution in [-0.4, -0.2) is 72.5 Å². The first kappa shape index (κ1) is 26.4. The molecule has 0 bridgehead atoms. The minimum absolute atomic E-state index is 0.0450. The van der Waals surface area contributed by atoms with Gasteiger partial charge < -0.3 is 19.8 Å². The van der Waals surface area contributed by atoms with Crippen LogP contribution in [0.1, 0.15) is 24.6 Å². The second-order valence-electron chi connectivity index (χ2n) is 10.1. The third kappa shape index (κ3) is 5.77. The number of amides is 1. The quantitative estimate of drug-likeness (QED) is 0.192. The van der Waals surface area contributed by atoms with E-state index in [4.69, 9.17) is 10.8 Å². The van der Waals surface area contributed by atoms with Gasteiger partial charge in [0.15, 0.2) is 0 Å². The van der Waals surface area contributed by atoms with Gasteiger partial charge in [0.2, 0.25) is 0 Å². The van der Waals surface area contributed by atoms with Crippen molar-refractivity contribution in [2.24, 2.45) is 0 Å².